The van der Waals surface area contributed by atoms with E-state index in [1.807, 2.05) is 20.8 Å². The third kappa shape index (κ3) is 3.82. The maximum Gasteiger partial charge on any atom is 0.268 e. The van der Waals surface area contributed by atoms with Gasteiger partial charge in [0.05, 0.1) is 19.1 Å². The average Bonchev–Trinajstić information content (AvgIpc) is 3.07. The van der Waals surface area contributed by atoms with Gasteiger partial charge in [0.25, 0.3) is 5.91 Å². The van der Waals surface area contributed by atoms with Crippen molar-refractivity contribution in [2.24, 2.45) is 0 Å². The quantitative estimate of drug-likeness (QED) is 0.735. The van der Waals surface area contributed by atoms with Crippen LogP contribution in [0.4, 0.5) is 4.39 Å². The molecule has 6 nitrogen and oxygen atoms in total. The number of carbonyl (C=O) groups is 2. The van der Waals surface area contributed by atoms with Gasteiger partial charge in [-0.1, -0.05) is 32.9 Å². The first-order valence-corrected chi connectivity index (χ1v) is 8.28. The maximum atomic E-state index is 13.3. The summed E-state index contributed by atoms with van der Waals surface area (Å²) in [5.41, 5.74) is 1.14. The van der Waals surface area contributed by atoms with Crippen molar-refractivity contribution in [2.45, 2.75) is 38.6 Å². The molecule has 0 bridgehead atoms. The number of aromatic nitrogens is 2. The van der Waals surface area contributed by atoms with E-state index in [9.17, 15) is 14.0 Å². The van der Waals surface area contributed by atoms with Crippen LogP contribution in [0.2, 0.25) is 0 Å². The Bertz CT molecular complexity index is 930. The van der Waals surface area contributed by atoms with Crippen LogP contribution >= 0.6 is 0 Å². The van der Waals surface area contributed by atoms with Crippen molar-refractivity contribution in [3.63, 3.8) is 0 Å². The van der Waals surface area contributed by atoms with Crippen LogP contribution in [0.1, 0.15) is 39.1 Å². The van der Waals surface area contributed by atoms with E-state index in [1.54, 1.807) is 12.1 Å². The standard InChI is InChI=1S/C19H21FN4O2/c1-19(2,3)16-13(21-10-22-16)9-15-18(26)23-14(17(25)24-15)8-11-5-4-6-12(20)7-11/h4-7,9-10,14H,8H2,1-3H3,(H,21,22)(H,23,26)(H,24,25)/i9D. The van der Waals surface area contributed by atoms with E-state index in [0.717, 1.165) is 0 Å². The van der Waals surface area contributed by atoms with Crippen molar-refractivity contribution in [3.05, 3.63) is 59.1 Å². The molecule has 0 radical (unpaired) electrons. The summed E-state index contributed by atoms with van der Waals surface area (Å²) in [6, 6.07) is 4.90. The number of carbonyl (C=O) groups excluding carboxylic acids is 2. The van der Waals surface area contributed by atoms with E-state index in [4.69, 9.17) is 1.37 Å². The molecular weight excluding hydrogens is 335 g/mol. The van der Waals surface area contributed by atoms with Gasteiger partial charge in [0.15, 0.2) is 0 Å². The number of nitrogens with zero attached hydrogens (tertiary/aromatic N) is 1. The van der Waals surface area contributed by atoms with Crippen LogP contribution in [0.15, 0.2) is 36.3 Å². The monoisotopic (exact) mass is 357 g/mol. The zero-order valence-corrected chi connectivity index (χ0v) is 14.8. The number of imidazole rings is 1. The third-order valence-corrected chi connectivity index (χ3v) is 4.03. The van der Waals surface area contributed by atoms with Gasteiger partial charge in [-0.3, -0.25) is 9.59 Å². The fraction of sp³-hybridized carbons (Fsp3) is 0.316. The molecule has 0 aliphatic carbocycles. The first-order valence-electron chi connectivity index (χ1n) is 8.78. The van der Waals surface area contributed by atoms with Gasteiger partial charge in [0, 0.05) is 11.8 Å². The number of rotatable bonds is 3. The summed E-state index contributed by atoms with van der Waals surface area (Å²) in [4.78, 5) is 32.0. The molecule has 1 atom stereocenters. The Hall–Kier alpha value is -2.96. The SMILES string of the molecule is [2H]C(=C1NC(=O)C(Cc2cccc(F)c2)NC1=O)c1[nH]cnc1C(C)(C)C. The molecule has 0 spiro atoms. The second-order valence-electron chi connectivity index (χ2n) is 7.23. The van der Waals surface area contributed by atoms with Crippen LogP contribution in [0.3, 0.4) is 0 Å². The number of aromatic amines is 1. The third-order valence-electron chi connectivity index (χ3n) is 4.03. The first-order chi connectivity index (χ1) is 12.7. The van der Waals surface area contributed by atoms with Gasteiger partial charge in [-0.15, -0.1) is 0 Å². The molecule has 2 aromatic rings. The number of hydrogen-bond acceptors (Lipinski definition) is 3. The fourth-order valence-corrected chi connectivity index (χ4v) is 2.78. The van der Waals surface area contributed by atoms with Crippen LogP contribution in [0, 0.1) is 5.82 Å². The highest BCUT2D eigenvalue weighted by Gasteiger charge is 2.30. The van der Waals surface area contributed by atoms with Gasteiger partial charge in [0.1, 0.15) is 17.6 Å². The summed E-state index contributed by atoms with van der Waals surface area (Å²) in [6.07, 6.45) is 1.62. The Morgan fingerprint density at radius 2 is 2.12 bits per heavy atom. The second-order valence-corrected chi connectivity index (χ2v) is 7.23. The molecule has 26 heavy (non-hydrogen) atoms. The molecule has 3 rings (SSSR count). The molecule has 1 unspecified atom stereocenters. The summed E-state index contributed by atoms with van der Waals surface area (Å²) in [5.74, 6) is -1.41. The molecule has 7 heteroatoms. The molecule has 1 saturated heterocycles. The van der Waals surface area contributed by atoms with Crippen LogP contribution in [0.5, 0.6) is 0 Å². The topological polar surface area (TPSA) is 86.9 Å². The molecule has 1 aromatic heterocycles. The Kier molecular flexibility index (Phi) is 4.28. The van der Waals surface area contributed by atoms with Crippen molar-refractivity contribution >= 4 is 17.9 Å². The number of hydrogen-bond donors (Lipinski definition) is 3. The lowest BCUT2D eigenvalue weighted by molar-refractivity contribution is -0.131. The lowest BCUT2D eigenvalue weighted by Crippen LogP contribution is -2.55. The number of amides is 2. The van der Waals surface area contributed by atoms with E-state index in [0.29, 0.717) is 17.0 Å². The largest absolute Gasteiger partial charge is 0.345 e. The lowest BCUT2D eigenvalue weighted by atomic mass is 9.90. The summed E-state index contributed by atoms with van der Waals surface area (Å²) >= 11 is 0. The molecule has 3 N–H and O–H groups in total. The minimum Gasteiger partial charge on any atom is -0.345 e. The zero-order chi connectivity index (χ0) is 19.8. The minimum absolute atomic E-state index is 0.132. The highest BCUT2D eigenvalue weighted by molar-refractivity contribution is 6.07. The number of halogens is 1. The Labute approximate surface area is 152 Å². The van der Waals surface area contributed by atoms with E-state index in [2.05, 4.69) is 20.6 Å². The zero-order valence-electron chi connectivity index (χ0n) is 15.8. The molecule has 1 fully saturated rings. The summed E-state index contributed by atoms with van der Waals surface area (Å²) in [6.45, 7) is 5.83. The van der Waals surface area contributed by atoms with Crippen molar-refractivity contribution in [1.82, 2.24) is 20.6 Å². The molecule has 1 aromatic carbocycles. The molecular formula is C19H21FN4O2. The number of piperazine rings is 1. The highest BCUT2D eigenvalue weighted by atomic mass is 19.1. The van der Waals surface area contributed by atoms with E-state index >= 15 is 0 Å². The van der Waals surface area contributed by atoms with Gasteiger partial charge in [-0.2, -0.15) is 0 Å². The average molecular weight is 357 g/mol. The Morgan fingerprint density at radius 3 is 2.81 bits per heavy atom. The highest BCUT2D eigenvalue weighted by Crippen LogP contribution is 2.24. The van der Waals surface area contributed by atoms with Gasteiger partial charge < -0.3 is 15.6 Å². The predicted molar refractivity (Wildman–Crippen MR) is 95.4 cm³/mol. The smallest absolute Gasteiger partial charge is 0.268 e. The summed E-state index contributed by atoms with van der Waals surface area (Å²) in [5, 5.41) is 5.12. The number of H-pyrrole nitrogens is 1. The predicted octanol–water partition coefficient (Wildman–Crippen LogP) is 2.04. The van der Waals surface area contributed by atoms with Crippen LogP contribution < -0.4 is 10.6 Å². The maximum absolute atomic E-state index is 13.3. The van der Waals surface area contributed by atoms with Crippen molar-refractivity contribution in [2.75, 3.05) is 0 Å². The van der Waals surface area contributed by atoms with E-state index in [1.165, 1.54) is 18.5 Å². The van der Waals surface area contributed by atoms with Gasteiger partial charge in [-0.25, -0.2) is 9.37 Å². The summed E-state index contributed by atoms with van der Waals surface area (Å²) < 4.78 is 21.7. The number of benzene rings is 1. The molecule has 1 aliphatic heterocycles. The van der Waals surface area contributed by atoms with E-state index in [-0.39, 0.29) is 23.6 Å². The van der Waals surface area contributed by atoms with Crippen molar-refractivity contribution < 1.29 is 15.4 Å². The van der Waals surface area contributed by atoms with Gasteiger partial charge in [0.2, 0.25) is 5.91 Å². The van der Waals surface area contributed by atoms with Crippen molar-refractivity contribution in [1.29, 1.82) is 0 Å². The molecule has 0 saturated carbocycles. The molecule has 1 aliphatic rings. The lowest BCUT2D eigenvalue weighted by Gasteiger charge is -2.25. The Balaban J connectivity index is 1.85. The Morgan fingerprint density at radius 1 is 1.35 bits per heavy atom. The molecule has 2 amide bonds. The van der Waals surface area contributed by atoms with Crippen LogP contribution in [0.25, 0.3) is 6.05 Å². The van der Waals surface area contributed by atoms with Crippen LogP contribution in [-0.4, -0.2) is 27.8 Å². The van der Waals surface area contributed by atoms with Crippen LogP contribution in [-0.2, 0) is 21.4 Å². The molecule has 2 heterocycles. The molecule has 136 valence electrons. The minimum atomic E-state index is -0.834. The van der Waals surface area contributed by atoms with Gasteiger partial charge in [-0.05, 0) is 23.7 Å². The first kappa shape index (κ1) is 16.5. The normalized spacial score (nSPS) is 20.3. The van der Waals surface area contributed by atoms with Gasteiger partial charge >= 0.3 is 0 Å². The fourth-order valence-electron chi connectivity index (χ4n) is 2.78. The second kappa shape index (κ2) is 6.74. The summed E-state index contributed by atoms with van der Waals surface area (Å²) in [7, 11) is 0. The van der Waals surface area contributed by atoms with Crippen molar-refractivity contribution in [3.8, 4) is 0 Å². The number of nitrogens with one attached hydrogen (secondary N) is 3. The van der Waals surface area contributed by atoms with E-state index < -0.39 is 23.7 Å².